The molecule has 0 aromatic rings. The summed E-state index contributed by atoms with van der Waals surface area (Å²) in [5.41, 5.74) is 0. The first-order valence-electron chi connectivity index (χ1n) is 12.4. The number of hydrogen-bond donors (Lipinski definition) is 0. The summed E-state index contributed by atoms with van der Waals surface area (Å²) < 4.78 is 0. The van der Waals surface area contributed by atoms with Crippen LogP contribution in [0.4, 0.5) is 0 Å². The first-order chi connectivity index (χ1) is 12.4. The number of unbranched alkanes of at least 4 members (excludes halogenated alkanes) is 13. The van der Waals surface area contributed by atoms with Gasteiger partial charge in [-0.3, -0.25) is 0 Å². The fourth-order valence-corrected chi connectivity index (χ4v) is 4.63. The molecule has 0 atom stereocenters. The second-order valence-corrected chi connectivity index (χ2v) is 8.95. The van der Waals surface area contributed by atoms with Crippen molar-refractivity contribution in [2.75, 3.05) is 0 Å². The molecule has 0 bridgehead atoms. The van der Waals surface area contributed by atoms with Crippen molar-refractivity contribution in [3.8, 4) is 0 Å². The van der Waals surface area contributed by atoms with Crippen LogP contribution in [-0.4, -0.2) is 0 Å². The highest BCUT2D eigenvalue weighted by Crippen LogP contribution is 2.26. The van der Waals surface area contributed by atoms with E-state index in [1.165, 1.54) is 135 Å². The normalized spacial score (nSPS) is 17.2. The topological polar surface area (TPSA) is 0 Å². The fraction of sp³-hybridized carbons (Fsp3) is 1.00. The van der Waals surface area contributed by atoms with Gasteiger partial charge in [0.15, 0.2) is 0 Å². The Bertz CT molecular complexity index is 234. The van der Waals surface area contributed by atoms with E-state index in [0.717, 1.165) is 5.92 Å². The largest absolute Gasteiger partial charge is 0.0654 e. The van der Waals surface area contributed by atoms with E-state index in [2.05, 4.69) is 6.92 Å². The third-order valence-electron chi connectivity index (χ3n) is 6.44. The lowest BCUT2D eigenvalue weighted by Gasteiger charge is -2.15. The van der Waals surface area contributed by atoms with Gasteiger partial charge >= 0.3 is 0 Å². The molecule has 1 fully saturated rings. The standard InChI is InChI=1S/C25H50/c1-2-3-4-5-6-7-8-9-10-11-12-13-16-19-22-25-23-20-17-14-15-18-21-24-25/h25H,2-24H2,1H3. The second kappa shape index (κ2) is 18.8. The van der Waals surface area contributed by atoms with E-state index in [1.54, 1.807) is 12.8 Å². The van der Waals surface area contributed by atoms with Crippen molar-refractivity contribution in [3.05, 3.63) is 0 Å². The zero-order valence-electron chi connectivity index (χ0n) is 17.8. The molecule has 1 rings (SSSR count). The predicted molar refractivity (Wildman–Crippen MR) is 115 cm³/mol. The van der Waals surface area contributed by atoms with Crippen LogP contribution in [0.15, 0.2) is 0 Å². The third kappa shape index (κ3) is 15.9. The lowest BCUT2D eigenvalue weighted by Crippen LogP contribution is -2.00. The van der Waals surface area contributed by atoms with E-state index in [0.29, 0.717) is 0 Å². The van der Waals surface area contributed by atoms with Crippen molar-refractivity contribution >= 4 is 0 Å². The minimum Gasteiger partial charge on any atom is -0.0654 e. The summed E-state index contributed by atoms with van der Waals surface area (Å²) in [5.74, 6) is 1.08. The molecule has 0 heterocycles. The molecule has 0 aliphatic heterocycles. The van der Waals surface area contributed by atoms with Crippen LogP contribution in [0.5, 0.6) is 0 Å². The van der Waals surface area contributed by atoms with Crippen molar-refractivity contribution < 1.29 is 0 Å². The molecule has 0 heteroatoms. The molecule has 150 valence electrons. The lowest BCUT2D eigenvalue weighted by molar-refractivity contribution is 0.381. The summed E-state index contributed by atoms with van der Waals surface area (Å²) in [7, 11) is 0. The highest BCUT2D eigenvalue weighted by Gasteiger charge is 2.10. The van der Waals surface area contributed by atoms with Crippen LogP contribution in [0.3, 0.4) is 0 Å². The zero-order chi connectivity index (χ0) is 17.8. The summed E-state index contributed by atoms with van der Waals surface area (Å²) in [6.07, 6.45) is 34.4. The van der Waals surface area contributed by atoms with Crippen molar-refractivity contribution in [3.63, 3.8) is 0 Å². The molecule has 0 aromatic carbocycles. The number of hydrogen-bond acceptors (Lipinski definition) is 0. The van der Waals surface area contributed by atoms with Crippen molar-refractivity contribution in [2.45, 2.75) is 155 Å². The Kier molecular flexibility index (Phi) is 17.3. The molecule has 1 aliphatic rings. The van der Waals surface area contributed by atoms with Crippen molar-refractivity contribution in [1.29, 1.82) is 0 Å². The van der Waals surface area contributed by atoms with E-state index in [1.807, 2.05) is 0 Å². The molecular formula is C25H50. The van der Waals surface area contributed by atoms with Crippen LogP contribution < -0.4 is 0 Å². The van der Waals surface area contributed by atoms with Gasteiger partial charge in [0.1, 0.15) is 0 Å². The van der Waals surface area contributed by atoms with Crippen LogP contribution in [0, 0.1) is 5.92 Å². The van der Waals surface area contributed by atoms with Crippen LogP contribution >= 0.6 is 0 Å². The van der Waals surface area contributed by atoms with Crippen LogP contribution in [0.2, 0.25) is 0 Å². The first-order valence-corrected chi connectivity index (χ1v) is 12.4. The Balaban J connectivity index is 1.77. The monoisotopic (exact) mass is 350 g/mol. The number of rotatable bonds is 15. The molecule has 0 radical (unpaired) electrons. The molecule has 0 N–H and O–H groups in total. The summed E-state index contributed by atoms with van der Waals surface area (Å²) >= 11 is 0. The van der Waals surface area contributed by atoms with Crippen LogP contribution in [0.25, 0.3) is 0 Å². The van der Waals surface area contributed by atoms with Gasteiger partial charge in [-0.15, -0.1) is 0 Å². The van der Waals surface area contributed by atoms with Gasteiger partial charge in [0.25, 0.3) is 0 Å². The van der Waals surface area contributed by atoms with Gasteiger partial charge < -0.3 is 0 Å². The lowest BCUT2D eigenvalue weighted by atomic mass is 9.91. The summed E-state index contributed by atoms with van der Waals surface area (Å²) in [5, 5.41) is 0. The van der Waals surface area contributed by atoms with Gasteiger partial charge in [0, 0.05) is 0 Å². The van der Waals surface area contributed by atoms with Gasteiger partial charge in [0.05, 0.1) is 0 Å². The SMILES string of the molecule is CCCCCCCCCCCCCCCCC1CCCCCCCC1. The van der Waals surface area contributed by atoms with E-state index < -0.39 is 0 Å². The predicted octanol–water partition coefficient (Wildman–Crippen LogP) is 9.61. The molecule has 0 amide bonds. The molecule has 0 aromatic heterocycles. The maximum Gasteiger partial charge on any atom is -0.0414 e. The molecular weight excluding hydrogens is 300 g/mol. The Morgan fingerprint density at radius 3 is 1.24 bits per heavy atom. The summed E-state index contributed by atoms with van der Waals surface area (Å²) in [4.78, 5) is 0. The van der Waals surface area contributed by atoms with E-state index >= 15 is 0 Å². The minimum atomic E-state index is 1.08. The van der Waals surface area contributed by atoms with Gasteiger partial charge in [-0.05, 0) is 5.92 Å². The zero-order valence-corrected chi connectivity index (χ0v) is 17.8. The molecule has 1 aliphatic carbocycles. The molecule has 1 saturated carbocycles. The minimum absolute atomic E-state index is 1.08. The maximum absolute atomic E-state index is 2.31. The Labute approximate surface area is 160 Å². The van der Waals surface area contributed by atoms with Crippen LogP contribution in [0.1, 0.15) is 155 Å². The molecule has 0 saturated heterocycles. The average molecular weight is 351 g/mol. The Morgan fingerprint density at radius 1 is 0.440 bits per heavy atom. The molecule has 0 unspecified atom stereocenters. The summed E-state index contributed by atoms with van der Waals surface area (Å²) in [6.45, 7) is 2.31. The summed E-state index contributed by atoms with van der Waals surface area (Å²) in [6, 6.07) is 0. The Hall–Kier alpha value is 0. The maximum atomic E-state index is 2.31. The van der Waals surface area contributed by atoms with Crippen molar-refractivity contribution in [2.24, 2.45) is 5.92 Å². The Morgan fingerprint density at radius 2 is 0.800 bits per heavy atom. The smallest absolute Gasteiger partial charge is 0.0414 e. The van der Waals surface area contributed by atoms with Gasteiger partial charge in [-0.2, -0.15) is 0 Å². The first kappa shape index (κ1) is 23.0. The fourth-order valence-electron chi connectivity index (χ4n) is 4.63. The van der Waals surface area contributed by atoms with E-state index in [4.69, 9.17) is 0 Å². The highest BCUT2D eigenvalue weighted by molar-refractivity contribution is 4.63. The van der Waals surface area contributed by atoms with E-state index in [-0.39, 0.29) is 0 Å². The molecule has 25 heavy (non-hydrogen) atoms. The third-order valence-corrected chi connectivity index (χ3v) is 6.44. The average Bonchev–Trinajstić information content (AvgIpc) is 2.76. The van der Waals surface area contributed by atoms with Gasteiger partial charge in [-0.25, -0.2) is 0 Å². The highest BCUT2D eigenvalue weighted by atomic mass is 14.2. The molecule has 0 nitrogen and oxygen atoms in total. The van der Waals surface area contributed by atoms with Crippen LogP contribution in [-0.2, 0) is 0 Å². The van der Waals surface area contributed by atoms with E-state index in [9.17, 15) is 0 Å². The van der Waals surface area contributed by atoms with Gasteiger partial charge in [0.2, 0.25) is 0 Å². The van der Waals surface area contributed by atoms with Crippen molar-refractivity contribution in [1.82, 2.24) is 0 Å². The second-order valence-electron chi connectivity index (χ2n) is 8.95. The molecule has 0 spiro atoms. The quantitative estimate of drug-likeness (QED) is 0.258. The van der Waals surface area contributed by atoms with Gasteiger partial charge in [-0.1, -0.05) is 155 Å².